The lowest BCUT2D eigenvalue weighted by Crippen LogP contribution is -2.74. The molecule has 1 saturated heterocycles. The van der Waals surface area contributed by atoms with Crippen molar-refractivity contribution >= 4 is 52.5 Å². The molecule has 360 valence electrons. The maximum atomic E-state index is 14.1. The van der Waals surface area contributed by atoms with Crippen LogP contribution in [0.25, 0.3) is 10.4 Å². The normalized spacial score (nSPS) is 20.8. The third-order valence-electron chi connectivity index (χ3n) is 13.7. The van der Waals surface area contributed by atoms with Gasteiger partial charge in [0.25, 0.3) is 11.8 Å². The zero-order valence-electron chi connectivity index (χ0n) is 40.1. The van der Waals surface area contributed by atoms with Gasteiger partial charge < -0.3 is 35.6 Å². The van der Waals surface area contributed by atoms with Crippen LogP contribution < -0.4 is 20.7 Å². The van der Waals surface area contributed by atoms with Crippen LogP contribution in [0.2, 0.25) is 5.02 Å². The number of ether oxygens (including phenoxy) is 1. The Labute approximate surface area is 407 Å². The summed E-state index contributed by atoms with van der Waals surface area (Å²) >= 11 is 7.83. The topological polar surface area (TPSA) is 194 Å². The monoisotopic (exact) mass is 963 g/mol. The molecule has 3 atom stereocenters. The molecule has 2 aliphatic heterocycles. The van der Waals surface area contributed by atoms with Crippen LogP contribution in [-0.2, 0) is 27.5 Å². The van der Waals surface area contributed by atoms with Crippen molar-refractivity contribution in [2.45, 2.75) is 131 Å². The molecule has 3 heterocycles. The number of carbonyl (C=O) groups is 5. The molecule has 0 unspecified atom stereocenters. The molecule has 0 spiro atoms. The van der Waals surface area contributed by atoms with Gasteiger partial charge in [0.05, 0.1) is 32.8 Å². The molecule has 68 heavy (non-hydrogen) atoms. The highest BCUT2D eigenvalue weighted by Crippen LogP contribution is 2.55. The van der Waals surface area contributed by atoms with Gasteiger partial charge in [-0.1, -0.05) is 90.8 Å². The number of nitrogens with zero attached hydrogens (tertiary/aromatic N) is 4. The summed E-state index contributed by atoms with van der Waals surface area (Å²) in [5, 5.41) is 29.3. The van der Waals surface area contributed by atoms with Gasteiger partial charge in [0.1, 0.15) is 30.0 Å². The second-order valence-corrected chi connectivity index (χ2v) is 21.9. The first kappa shape index (κ1) is 50.1. The Morgan fingerprint density at radius 3 is 2.38 bits per heavy atom. The van der Waals surface area contributed by atoms with Crippen molar-refractivity contribution in [3.63, 3.8) is 0 Å². The van der Waals surface area contributed by atoms with E-state index in [-0.39, 0.29) is 61.7 Å². The Bertz CT molecular complexity index is 2600. The third kappa shape index (κ3) is 10.6. The van der Waals surface area contributed by atoms with Crippen molar-refractivity contribution in [1.29, 1.82) is 5.26 Å². The van der Waals surface area contributed by atoms with E-state index in [1.54, 1.807) is 52.6 Å². The van der Waals surface area contributed by atoms with E-state index in [1.807, 2.05) is 85.2 Å². The molecule has 1 aliphatic carbocycles. The van der Waals surface area contributed by atoms with Gasteiger partial charge in [0.2, 0.25) is 17.7 Å². The van der Waals surface area contributed by atoms with Crippen LogP contribution in [-0.4, -0.2) is 92.8 Å². The van der Waals surface area contributed by atoms with E-state index in [0.717, 1.165) is 27.3 Å². The third-order valence-corrected chi connectivity index (χ3v) is 15.0. The molecule has 2 fully saturated rings. The van der Waals surface area contributed by atoms with Gasteiger partial charge in [-0.15, -0.1) is 11.3 Å². The molecule has 7 rings (SSSR count). The van der Waals surface area contributed by atoms with E-state index in [0.29, 0.717) is 59.8 Å². The minimum atomic E-state index is -0.927. The van der Waals surface area contributed by atoms with Crippen LogP contribution in [0.3, 0.4) is 0 Å². The van der Waals surface area contributed by atoms with Crippen LogP contribution >= 0.6 is 22.9 Å². The van der Waals surface area contributed by atoms with E-state index < -0.39 is 40.3 Å². The number of aliphatic hydroxyl groups excluding tert-OH is 1. The number of nitrogens with one attached hydrogen (secondary N) is 3. The van der Waals surface area contributed by atoms with Crippen LogP contribution in [0.1, 0.15) is 124 Å². The van der Waals surface area contributed by atoms with Gasteiger partial charge in [-0.05, 0) is 72.2 Å². The van der Waals surface area contributed by atoms with Crippen LogP contribution in [0.5, 0.6) is 5.75 Å². The van der Waals surface area contributed by atoms with Crippen molar-refractivity contribution < 1.29 is 33.8 Å². The first-order chi connectivity index (χ1) is 32.1. The number of aromatic nitrogens is 1. The van der Waals surface area contributed by atoms with Crippen LogP contribution in [0.15, 0.2) is 66.2 Å². The minimum Gasteiger partial charge on any atom is -0.489 e. The van der Waals surface area contributed by atoms with E-state index >= 15 is 0 Å². The predicted octanol–water partition coefficient (Wildman–Crippen LogP) is 7.58. The first-order valence-corrected chi connectivity index (χ1v) is 24.5. The average Bonchev–Trinajstić information content (AvgIpc) is 4.00. The van der Waals surface area contributed by atoms with E-state index in [9.17, 15) is 34.3 Å². The van der Waals surface area contributed by atoms with E-state index in [1.165, 1.54) is 4.90 Å². The summed E-state index contributed by atoms with van der Waals surface area (Å²) in [6.07, 6.45) is 1.01. The zero-order valence-corrected chi connectivity index (χ0v) is 41.6. The van der Waals surface area contributed by atoms with E-state index in [2.05, 4.69) is 27.0 Å². The molecule has 0 bridgehead atoms. The number of rotatable bonds is 16. The summed E-state index contributed by atoms with van der Waals surface area (Å²) in [6, 6.07) is 18.1. The molecule has 16 heteroatoms. The van der Waals surface area contributed by atoms with Crippen molar-refractivity contribution in [3.05, 3.63) is 105 Å². The summed E-state index contributed by atoms with van der Waals surface area (Å²) < 4.78 is 6.37. The number of benzene rings is 3. The van der Waals surface area contributed by atoms with Gasteiger partial charge >= 0.3 is 0 Å². The number of amides is 5. The molecule has 4 N–H and O–H groups in total. The maximum Gasteiger partial charge on any atom is 0.254 e. The van der Waals surface area contributed by atoms with E-state index in [4.69, 9.17) is 16.3 Å². The fourth-order valence-corrected chi connectivity index (χ4v) is 11.3. The summed E-state index contributed by atoms with van der Waals surface area (Å²) in [6.45, 7) is 16.8. The van der Waals surface area contributed by atoms with Crippen LogP contribution in [0.4, 0.5) is 0 Å². The fourth-order valence-electron chi connectivity index (χ4n) is 10.3. The second-order valence-electron chi connectivity index (χ2n) is 20.7. The molecule has 14 nitrogen and oxygen atoms in total. The number of fused-ring (bicyclic) bond motifs is 1. The molecule has 3 aliphatic rings. The lowest BCUT2D eigenvalue weighted by molar-refractivity contribution is -0.164. The lowest BCUT2D eigenvalue weighted by atomic mass is 9.49. The molecule has 5 amide bonds. The number of thiazole rings is 1. The number of hydrogen-bond acceptors (Lipinski definition) is 10. The highest BCUT2D eigenvalue weighted by Gasteiger charge is 2.64. The molecular formula is C52H62ClN7O7S. The average molecular weight is 965 g/mol. The molecular weight excluding hydrogens is 902 g/mol. The molecule has 1 saturated carbocycles. The number of carbonyl (C=O) groups excluding carboxylic acids is 5. The Hall–Kier alpha value is -5.82. The largest absolute Gasteiger partial charge is 0.489 e. The van der Waals surface area contributed by atoms with Crippen molar-refractivity contribution in [1.82, 2.24) is 30.7 Å². The number of halogens is 1. The van der Waals surface area contributed by atoms with Gasteiger partial charge in [-0.3, -0.25) is 24.0 Å². The van der Waals surface area contributed by atoms with Gasteiger partial charge in [-0.25, -0.2) is 4.98 Å². The standard InChI is InChI=1S/C52H62ClN7O7S/c1-30-42(68-29-56-30)32-15-13-31(14-16-32)26-55-45(64)40-23-36(61)28-60(40)47(66)43(50(2,3)4)57-41(62)12-10-9-11-21-59-27-35-22-33(18-20-38(35)46(59)65)44(63)58-48-51(5,6)49(52(48,7)8)67-37-19-17-34(25-54)39(53)24-37/h13-20,22,24,29,36,40,43,48-49,61H,9-12,21,23,26-28H2,1-8H3,(H,55,64)(H,57,62)(H,58,63)/t36-,40+,43-,48?,49?/m1/s1. The van der Waals surface area contributed by atoms with Crippen molar-refractivity contribution in [2.24, 2.45) is 16.2 Å². The number of hydrogen-bond donors (Lipinski definition) is 4. The summed E-state index contributed by atoms with van der Waals surface area (Å²) in [5.74, 6) is -0.861. The predicted molar refractivity (Wildman–Crippen MR) is 261 cm³/mol. The molecule has 3 aromatic carbocycles. The Morgan fingerprint density at radius 1 is 1.01 bits per heavy atom. The van der Waals surface area contributed by atoms with Gasteiger partial charge in [0.15, 0.2) is 0 Å². The smallest absolute Gasteiger partial charge is 0.254 e. The highest BCUT2D eigenvalue weighted by molar-refractivity contribution is 7.13. The minimum absolute atomic E-state index is 0.0111. The summed E-state index contributed by atoms with van der Waals surface area (Å²) in [5.41, 5.74) is 5.33. The molecule has 4 aromatic rings. The number of nitriles is 1. The zero-order chi connectivity index (χ0) is 49.3. The second kappa shape index (κ2) is 20.0. The Kier molecular flexibility index (Phi) is 14.7. The quantitative estimate of drug-likeness (QED) is 0.0820. The fraction of sp³-hybridized carbons (Fsp3) is 0.481. The van der Waals surface area contributed by atoms with Crippen LogP contribution in [0, 0.1) is 34.5 Å². The number of unbranched alkanes of at least 4 members (excludes halogenated alkanes) is 2. The molecule has 0 radical (unpaired) electrons. The van der Waals surface area contributed by atoms with Gasteiger partial charge in [0, 0.05) is 73.1 Å². The Morgan fingerprint density at radius 2 is 1.74 bits per heavy atom. The highest BCUT2D eigenvalue weighted by atomic mass is 35.5. The number of likely N-dealkylation sites (tertiary alicyclic amines) is 1. The summed E-state index contributed by atoms with van der Waals surface area (Å²) in [4.78, 5) is 76.5. The molecule has 1 aromatic heterocycles. The SMILES string of the molecule is Cc1ncsc1-c1ccc(CNC(=O)[C@@H]2C[C@@H](O)CN2C(=O)[C@@H](NC(=O)CCCCCN2Cc3cc(C(=O)NC4C(C)(C)C(Oc5ccc(C#N)c(Cl)c5)C4(C)C)ccc3C2=O)C(C)(C)C)cc1. The van der Waals surface area contributed by atoms with Gasteiger partial charge in [-0.2, -0.15) is 5.26 Å². The van der Waals surface area contributed by atoms with Crippen molar-refractivity contribution in [2.75, 3.05) is 13.1 Å². The lowest BCUT2D eigenvalue weighted by Gasteiger charge is -2.63. The summed E-state index contributed by atoms with van der Waals surface area (Å²) in [7, 11) is 0. The van der Waals surface area contributed by atoms with Crippen molar-refractivity contribution in [3.8, 4) is 22.3 Å². The number of aryl methyl sites for hydroxylation is 1. The number of aliphatic hydroxyl groups is 1. The first-order valence-electron chi connectivity index (χ1n) is 23.2. The number of β-amino-alcohol motifs (C(OH)–C–C–N with tert-alkyl or cyclic N) is 1. The maximum absolute atomic E-state index is 14.1. The Balaban J connectivity index is 0.858.